The Morgan fingerprint density at radius 2 is 1.73 bits per heavy atom. The van der Waals surface area contributed by atoms with Gasteiger partial charge in [-0.1, -0.05) is 20.3 Å². The van der Waals surface area contributed by atoms with Crippen LogP contribution in [0.5, 0.6) is 5.75 Å². The number of carbonyl (C=O) groups is 1. The number of benzene rings is 2. The van der Waals surface area contributed by atoms with Gasteiger partial charge in [-0.05, 0) is 105 Å². The van der Waals surface area contributed by atoms with Gasteiger partial charge >= 0.3 is 0 Å². The molecule has 1 atom stereocenters. The molecule has 0 radical (unpaired) electrons. The Morgan fingerprint density at radius 3 is 2.22 bits per heavy atom. The van der Waals surface area contributed by atoms with Gasteiger partial charge in [-0.2, -0.15) is 0 Å². The van der Waals surface area contributed by atoms with E-state index >= 15 is 0 Å². The average molecular weight is 624 g/mol. The summed E-state index contributed by atoms with van der Waals surface area (Å²) in [5, 5.41) is 9.80. The molecule has 2 aliphatic rings. The minimum absolute atomic E-state index is 0.230. The number of aliphatic hydroxyl groups is 1. The number of amides is 1. The lowest BCUT2D eigenvalue weighted by Crippen LogP contribution is -2.22. The molecule has 0 saturated heterocycles. The average Bonchev–Trinajstić information content (AvgIpc) is 3.99. The molecule has 3 aromatic rings. The number of fused-ring (bicyclic) bond motifs is 1. The van der Waals surface area contributed by atoms with Crippen molar-refractivity contribution in [2.75, 3.05) is 33.5 Å². The van der Waals surface area contributed by atoms with Crippen molar-refractivity contribution in [1.29, 1.82) is 0 Å². The maximum atomic E-state index is 13.1. The summed E-state index contributed by atoms with van der Waals surface area (Å²) in [6.45, 7) is 14.7. The predicted molar refractivity (Wildman–Crippen MR) is 187 cm³/mol. The van der Waals surface area contributed by atoms with E-state index in [4.69, 9.17) is 26.3 Å². The number of aryl methyl sites for hydroxylation is 1. The molecule has 1 saturated carbocycles. The number of aliphatic hydroxyl groups excluding tert-OH is 1. The zero-order valence-corrected chi connectivity index (χ0v) is 28.1. The fraction of sp³-hybridized carbons (Fsp3) is 0.389. The van der Waals surface area contributed by atoms with Crippen LogP contribution in [0.3, 0.4) is 0 Å². The van der Waals surface area contributed by atoms with Gasteiger partial charge in [0, 0.05) is 48.5 Å². The number of halogens is 1. The molecule has 8 N–H and O–H groups in total. The molecule has 5 rings (SSSR count). The highest BCUT2D eigenvalue weighted by molar-refractivity contribution is 5.72. The van der Waals surface area contributed by atoms with E-state index in [0.717, 1.165) is 53.7 Å². The van der Waals surface area contributed by atoms with Gasteiger partial charge in [0.2, 0.25) is 6.41 Å². The fourth-order valence-corrected chi connectivity index (χ4v) is 4.48. The summed E-state index contributed by atoms with van der Waals surface area (Å²) in [6, 6.07) is 12.6. The number of rotatable bonds is 8. The lowest BCUT2D eigenvalue weighted by Gasteiger charge is -2.16. The molecule has 1 amide bonds. The summed E-state index contributed by atoms with van der Waals surface area (Å²) < 4.78 is 18.3. The highest BCUT2D eigenvalue weighted by Gasteiger charge is 2.35. The molecule has 0 bridgehead atoms. The predicted octanol–water partition coefficient (Wildman–Crippen LogP) is 6.34. The Labute approximate surface area is 269 Å². The summed E-state index contributed by atoms with van der Waals surface area (Å²) >= 11 is 0. The zero-order valence-electron chi connectivity index (χ0n) is 28.1. The maximum Gasteiger partial charge on any atom is 0.207 e. The molecule has 0 aliphatic heterocycles. The summed E-state index contributed by atoms with van der Waals surface area (Å²) in [6.07, 6.45) is 7.22. The van der Waals surface area contributed by atoms with E-state index in [1.54, 1.807) is 19.2 Å². The summed E-state index contributed by atoms with van der Waals surface area (Å²) in [5.41, 5.74) is 25.0. The van der Waals surface area contributed by atoms with E-state index in [-0.39, 0.29) is 11.7 Å². The molecule has 2 aliphatic carbocycles. The number of nitrogens with one attached hydrogen (secondary N) is 1. The third kappa shape index (κ3) is 13.5. The smallest absolute Gasteiger partial charge is 0.207 e. The number of methoxy groups -OCH3 is 1. The van der Waals surface area contributed by atoms with Crippen LogP contribution in [0, 0.1) is 18.7 Å². The van der Waals surface area contributed by atoms with Gasteiger partial charge in [-0.25, -0.2) is 4.39 Å². The molecular weight excluding hydrogens is 569 g/mol. The number of ether oxygens (including phenoxy) is 1. The summed E-state index contributed by atoms with van der Waals surface area (Å²) in [4.78, 5) is 15.5. The van der Waals surface area contributed by atoms with Gasteiger partial charge in [0.25, 0.3) is 0 Å². The van der Waals surface area contributed by atoms with Gasteiger partial charge in [0.05, 0.1) is 18.5 Å². The van der Waals surface area contributed by atoms with Crippen LogP contribution in [-0.2, 0) is 11.2 Å². The minimum atomic E-state index is -0.230. The highest BCUT2D eigenvalue weighted by Crippen LogP contribution is 2.45. The number of allylic oxidation sites excluding steroid dienone is 1. The molecule has 2 aromatic carbocycles. The van der Waals surface area contributed by atoms with E-state index < -0.39 is 0 Å². The fourth-order valence-electron chi connectivity index (χ4n) is 4.48. The number of pyridine rings is 1. The van der Waals surface area contributed by atoms with Crippen LogP contribution in [0.2, 0.25) is 0 Å². The third-order valence-corrected chi connectivity index (χ3v) is 6.51. The van der Waals surface area contributed by atoms with Gasteiger partial charge < -0.3 is 32.4 Å². The SMILES string of the molecule is C=C.CCC.CN.CO.COc1cc(C)cc(/C=C(/C)N)c1N.O=CNCC(c1cc2c(c(-c3ccc(F)cc3)n1)C2)C1CC1. The molecule has 0 spiro atoms. The molecule has 45 heavy (non-hydrogen) atoms. The number of hydrogen-bond acceptors (Lipinski definition) is 7. The Kier molecular flexibility index (Phi) is 20.2. The van der Waals surface area contributed by atoms with Gasteiger partial charge in [-0.3, -0.25) is 9.78 Å². The number of nitrogens with zero attached hydrogens (tertiary/aromatic N) is 1. The van der Waals surface area contributed by atoms with Crippen LogP contribution in [0.4, 0.5) is 10.1 Å². The molecule has 1 unspecified atom stereocenters. The van der Waals surface area contributed by atoms with Gasteiger partial charge in [0.1, 0.15) is 11.6 Å². The van der Waals surface area contributed by atoms with Crippen molar-refractivity contribution >= 4 is 18.2 Å². The second-order valence-electron chi connectivity index (χ2n) is 10.3. The van der Waals surface area contributed by atoms with E-state index in [1.165, 1.54) is 49.6 Å². The molecule has 248 valence electrons. The Bertz CT molecular complexity index is 1320. The minimum Gasteiger partial charge on any atom is -0.495 e. The van der Waals surface area contributed by atoms with E-state index in [0.29, 0.717) is 23.9 Å². The first-order valence-corrected chi connectivity index (χ1v) is 15.1. The second-order valence-corrected chi connectivity index (χ2v) is 10.3. The standard InChI is InChI=1S/C18H17FN2O.C11H16N2O.C3H8.C2H4.CH5N.CH4O/c19-14-5-3-12(4-6-14)18-15-7-13(15)8-17(21-18)16(9-20-10-22)11-1-2-11;1-7-4-9(6-8(2)12)11(13)10(5-7)14-3;1-3-2;3*1-2/h3-6,8,10-11,16H,1-2,7,9H2,(H,20,22);4-6H,12-13H2,1-3H3;3H2,1-2H3;1-2H2;2H2,1H3;2H,1H3/b;8-6-;;;;. The van der Waals surface area contributed by atoms with Gasteiger partial charge in [-0.15, -0.1) is 13.2 Å². The summed E-state index contributed by atoms with van der Waals surface area (Å²) in [7, 11) is 4.11. The van der Waals surface area contributed by atoms with E-state index in [1.807, 2.05) is 32.1 Å². The van der Waals surface area contributed by atoms with Crippen LogP contribution < -0.4 is 27.3 Å². The van der Waals surface area contributed by atoms with E-state index in [2.05, 4.69) is 44.1 Å². The number of anilines is 1. The number of carbonyl (C=O) groups excluding carboxylic acids is 1. The first-order chi connectivity index (χ1) is 21.7. The Hall–Kier alpha value is -4.21. The maximum absolute atomic E-state index is 13.1. The topological polar surface area (TPSA) is 150 Å². The first kappa shape index (κ1) is 40.8. The monoisotopic (exact) mass is 623 g/mol. The lowest BCUT2D eigenvalue weighted by atomic mass is 9.98. The summed E-state index contributed by atoms with van der Waals surface area (Å²) in [5.74, 6) is 1.37. The van der Waals surface area contributed by atoms with Crippen molar-refractivity contribution in [2.24, 2.45) is 17.4 Å². The van der Waals surface area contributed by atoms with Gasteiger partial charge in [0.15, 0.2) is 0 Å². The second kappa shape index (κ2) is 22.3. The number of nitrogens with two attached hydrogens (primary N) is 3. The Balaban J connectivity index is 0.000000729. The molecule has 1 fully saturated rings. The highest BCUT2D eigenvalue weighted by atomic mass is 19.1. The van der Waals surface area contributed by atoms with Crippen LogP contribution in [0.25, 0.3) is 17.3 Å². The third-order valence-electron chi connectivity index (χ3n) is 6.51. The molecule has 1 aromatic heterocycles. The van der Waals surface area contributed by atoms with Crippen LogP contribution in [0.15, 0.2) is 61.3 Å². The lowest BCUT2D eigenvalue weighted by molar-refractivity contribution is -0.109. The van der Waals surface area contributed by atoms with Crippen molar-refractivity contribution in [3.05, 3.63) is 95.1 Å². The normalized spacial score (nSPS) is 12.5. The molecule has 9 heteroatoms. The van der Waals surface area contributed by atoms with Crippen LogP contribution in [0.1, 0.15) is 73.9 Å². The molecular formula is C36H54FN5O3. The first-order valence-electron chi connectivity index (χ1n) is 15.1. The van der Waals surface area contributed by atoms with Crippen molar-refractivity contribution < 1.29 is 19.0 Å². The number of hydrogen-bond donors (Lipinski definition) is 5. The Morgan fingerprint density at radius 1 is 1.16 bits per heavy atom. The van der Waals surface area contributed by atoms with E-state index in [9.17, 15) is 9.18 Å². The van der Waals surface area contributed by atoms with Crippen molar-refractivity contribution in [3.8, 4) is 17.0 Å². The quantitative estimate of drug-likeness (QED) is 0.0873. The molecule has 8 nitrogen and oxygen atoms in total. The van der Waals surface area contributed by atoms with Crippen molar-refractivity contribution in [1.82, 2.24) is 10.3 Å². The zero-order chi connectivity index (χ0) is 34.5. The van der Waals surface area contributed by atoms with Crippen LogP contribution in [-0.4, -0.2) is 44.3 Å². The van der Waals surface area contributed by atoms with Crippen molar-refractivity contribution in [3.63, 3.8) is 0 Å². The molecule has 1 heterocycles. The number of nitrogen functional groups attached to an aromatic ring is 1. The number of aromatic nitrogens is 1. The largest absolute Gasteiger partial charge is 0.495 e. The van der Waals surface area contributed by atoms with Crippen molar-refractivity contribution in [2.45, 2.75) is 59.3 Å². The van der Waals surface area contributed by atoms with Crippen LogP contribution >= 0.6 is 0 Å².